The molecule has 90 valence electrons. The van der Waals surface area contributed by atoms with E-state index in [1.807, 2.05) is 0 Å². The maximum absolute atomic E-state index is 13.6. The molecule has 0 amide bonds. The summed E-state index contributed by atoms with van der Waals surface area (Å²) in [6, 6.07) is 4.84. The highest BCUT2D eigenvalue weighted by atomic mass is 35.5. The molecule has 1 N–H and O–H groups in total. The summed E-state index contributed by atoms with van der Waals surface area (Å²) < 4.78 is 23.9. The van der Waals surface area contributed by atoms with Crippen LogP contribution >= 0.6 is 12.4 Å². The summed E-state index contributed by atoms with van der Waals surface area (Å²) in [6.45, 7) is 1.97. The molecular weight excluding hydrogens is 233 g/mol. The Labute approximate surface area is 100 Å². The number of hydrogen-bond donors (Lipinski definition) is 1. The molecule has 0 aliphatic carbocycles. The second-order valence-corrected chi connectivity index (χ2v) is 3.47. The van der Waals surface area contributed by atoms with Crippen LogP contribution in [0.15, 0.2) is 18.2 Å². The van der Waals surface area contributed by atoms with Gasteiger partial charge in [0.1, 0.15) is 11.6 Å². The van der Waals surface area contributed by atoms with Crippen molar-refractivity contribution in [2.75, 3.05) is 26.9 Å². The van der Waals surface area contributed by atoms with Gasteiger partial charge in [0.25, 0.3) is 0 Å². The molecule has 5 heteroatoms. The molecule has 1 aliphatic rings. The fourth-order valence-corrected chi connectivity index (χ4v) is 1.68. The predicted octanol–water partition coefficient (Wildman–Crippen LogP) is 1.92. The number of rotatable bonds is 2. The lowest BCUT2D eigenvalue weighted by molar-refractivity contribution is 0.0757. The van der Waals surface area contributed by atoms with E-state index in [1.54, 1.807) is 12.1 Å². The second-order valence-electron chi connectivity index (χ2n) is 3.47. The van der Waals surface area contributed by atoms with Crippen molar-refractivity contribution in [3.63, 3.8) is 0 Å². The molecule has 0 bridgehead atoms. The first-order valence-electron chi connectivity index (χ1n) is 4.96. The maximum atomic E-state index is 13.6. The zero-order valence-electron chi connectivity index (χ0n) is 9.03. The van der Waals surface area contributed by atoms with Crippen LogP contribution in [0.1, 0.15) is 11.6 Å². The minimum atomic E-state index is -0.252. The molecule has 0 aromatic heterocycles. The van der Waals surface area contributed by atoms with Crippen molar-refractivity contribution < 1.29 is 13.9 Å². The molecule has 1 atom stereocenters. The zero-order chi connectivity index (χ0) is 10.7. The molecule has 0 unspecified atom stereocenters. The Kier molecular flexibility index (Phi) is 4.99. The van der Waals surface area contributed by atoms with E-state index in [-0.39, 0.29) is 24.3 Å². The lowest BCUT2D eigenvalue weighted by Crippen LogP contribution is -2.35. The van der Waals surface area contributed by atoms with Crippen molar-refractivity contribution in [2.24, 2.45) is 0 Å². The summed E-state index contributed by atoms with van der Waals surface area (Å²) in [7, 11) is 1.52. The monoisotopic (exact) mass is 247 g/mol. The van der Waals surface area contributed by atoms with E-state index >= 15 is 0 Å². The average Bonchev–Trinajstić information content (AvgIpc) is 2.30. The third-order valence-corrected chi connectivity index (χ3v) is 2.50. The Balaban J connectivity index is 0.00000128. The minimum absolute atomic E-state index is 0. The quantitative estimate of drug-likeness (QED) is 0.866. The van der Waals surface area contributed by atoms with Crippen LogP contribution in [0.3, 0.4) is 0 Å². The molecule has 0 radical (unpaired) electrons. The van der Waals surface area contributed by atoms with Crippen molar-refractivity contribution in [1.29, 1.82) is 0 Å². The summed E-state index contributed by atoms with van der Waals surface area (Å²) in [5, 5.41) is 3.21. The van der Waals surface area contributed by atoms with Gasteiger partial charge in [-0.25, -0.2) is 4.39 Å². The van der Waals surface area contributed by atoms with E-state index in [0.29, 0.717) is 24.5 Å². The fourth-order valence-electron chi connectivity index (χ4n) is 1.68. The van der Waals surface area contributed by atoms with Gasteiger partial charge in [0.15, 0.2) is 0 Å². The SMILES string of the molecule is COc1ccc([C@H]2COCCN2)c(F)c1.Cl. The molecule has 1 fully saturated rings. The summed E-state index contributed by atoms with van der Waals surface area (Å²) >= 11 is 0. The number of morpholine rings is 1. The van der Waals surface area contributed by atoms with Crippen LogP contribution in [-0.2, 0) is 4.74 Å². The van der Waals surface area contributed by atoms with E-state index < -0.39 is 0 Å². The highest BCUT2D eigenvalue weighted by molar-refractivity contribution is 5.85. The minimum Gasteiger partial charge on any atom is -0.497 e. The largest absolute Gasteiger partial charge is 0.497 e. The Morgan fingerprint density at radius 3 is 2.88 bits per heavy atom. The van der Waals surface area contributed by atoms with Gasteiger partial charge in [-0.2, -0.15) is 0 Å². The molecule has 1 aromatic carbocycles. The molecule has 0 saturated carbocycles. The Morgan fingerprint density at radius 1 is 1.50 bits per heavy atom. The van der Waals surface area contributed by atoms with E-state index in [0.717, 1.165) is 6.54 Å². The molecule has 1 aliphatic heterocycles. The molecule has 2 rings (SSSR count). The Morgan fingerprint density at radius 2 is 2.31 bits per heavy atom. The third-order valence-electron chi connectivity index (χ3n) is 2.50. The highest BCUT2D eigenvalue weighted by Crippen LogP contribution is 2.23. The van der Waals surface area contributed by atoms with Crippen molar-refractivity contribution >= 4 is 12.4 Å². The van der Waals surface area contributed by atoms with Crippen LogP contribution in [-0.4, -0.2) is 26.9 Å². The van der Waals surface area contributed by atoms with Gasteiger partial charge in [-0.05, 0) is 6.07 Å². The summed E-state index contributed by atoms with van der Waals surface area (Å²) in [5.74, 6) is 0.283. The van der Waals surface area contributed by atoms with E-state index in [2.05, 4.69) is 5.32 Å². The number of nitrogens with one attached hydrogen (secondary N) is 1. The molecular formula is C11H15ClFNO2. The normalized spacial score (nSPS) is 20.0. The highest BCUT2D eigenvalue weighted by Gasteiger charge is 2.18. The standard InChI is InChI=1S/C11H14FNO2.ClH/c1-14-8-2-3-9(10(12)6-8)11-7-15-5-4-13-11;/h2-3,6,11,13H,4-5,7H2,1H3;1H/t11-;/m1./s1. The zero-order valence-corrected chi connectivity index (χ0v) is 9.85. The number of ether oxygens (including phenoxy) is 2. The number of methoxy groups -OCH3 is 1. The summed E-state index contributed by atoms with van der Waals surface area (Å²) in [4.78, 5) is 0. The smallest absolute Gasteiger partial charge is 0.131 e. The van der Waals surface area contributed by atoms with Gasteiger partial charge in [-0.15, -0.1) is 12.4 Å². The molecule has 1 saturated heterocycles. The van der Waals surface area contributed by atoms with Crippen molar-refractivity contribution in [1.82, 2.24) is 5.32 Å². The van der Waals surface area contributed by atoms with Crippen molar-refractivity contribution in [3.8, 4) is 5.75 Å². The topological polar surface area (TPSA) is 30.5 Å². The first kappa shape index (κ1) is 13.2. The van der Waals surface area contributed by atoms with Crippen LogP contribution < -0.4 is 10.1 Å². The van der Waals surface area contributed by atoms with Crippen LogP contribution in [0.4, 0.5) is 4.39 Å². The summed E-state index contributed by atoms with van der Waals surface area (Å²) in [5.41, 5.74) is 0.635. The van der Waals surface area contributed by atoms with Gasteiger partial charge in [0, 0.05) is 18.2 Å². The van der Waals surface area contributed by atoms with Gasteiger partial charge in [-0.3, -0.25) is 0 Å². The van der Waals surface area contributed by atoms with Gasteiger partial charge in [0.05, 0.1) is 26.4 Å². The third kappa shape index (κ3) is 2.84. The fraction of sp³-hybridized carbons (Fsp3) is 0.455. The number of benzene rings is 1. The van der Waals surface area contributed by atoms with E-state index in [9.17, 15) is 4.39 Å². The number of halogens is 2. The average molecular weight is 248 g/mol. The lowest BCUT2D eigenvalue weighted by Gasteiger charge is -2.24. The van der Waals surface area contributed by atoms with Gasteiger partial charge in [0.2, 0.25) is 0 Å². The van der Waals surface area contributed by atoms with E-state index in [1.165, 1.54) is 13.2 Å². The molecule has 3 nitrogen and oxygen atoms in total. The van der Waals surface area contributed by atoms with E-state index in [4.69, 9.17) is 9.47 Å². The van der Waals surface area contributed by atoms with Crippen molar-refractivity contribution in [3.05, 3.63) is 29.6 Å². The first-order chi connectivity index (χ1) is 7.31. The molecule has 1 heterocycles. The molecule has 0 spiro atoms. The first-order valence-corrected chi connectivity index (χ1v) is 4.96. The molecule has 16 heavy (non-hydrogen) atoms. The summed E-state index contributed by atoms with van der Waals surface area (Å²) in [6.07, 6.45) is 0. The lowest BCUT2D eigenvalue weighted by atomic mass is 10.1. The van der Waals surface area contributed by atoms with Crippen LogP contribution in [0, 0.1) is 5.82 Å². The second kappa shape index (κ2) is 6.03. The van der Waals surface area contributed by atoms with Gasteiger partial charge >= 0.3 is 0 Å². The van der Waals surface area contributed by atoms with Crippen LogP contribution in [0.25, 0.3) is 0 Å². The van der Waals surface area contributed by atoms with Crippen LogP contribution in [0.2, 0.25) is 0 Å². The Bertz CT molecular complexity index is 343. The maximum Gasteiger partial charge on any atom is 0.131 e. The van der Waals surface area contributed by atoms with Crippen molar-refractivity contribution in [2.45, 2.75) is 6.04 Å². The van der Waals surface area contributed by atoms with Gasteiger partial charge in [-0.1, -0.05) is 6.07 Å². The van der Waals surface area contributed by atoms with Gasteiger partial charge < -0.3 is 14.8 Å². The number of hydrogen-bond acceptors (Lipinski definition) is 3. The van der Waals surface area contributed by atoms with Crippen LogP contribution in [0.5, 0.6) is 5.75 Å². The Hall–Kier alpha value is -0.840. The molecule has 1 aromatic rings. The predicted molar refractivity (Wildman–Crippen MR) is 61.8 cm³/mol.